The van der Waals surface area contributed by atoms with Gasteiger partial charge in [-0.05, 0) is 55.3 Å². The maximum Gasteiger partial charge on any atom is 0.266 e. The topological polar surface area (TPSA) is 63.7 Å². The number of nitrogens with zero attached hydrogens (tertiary/aromatic N) is 1. The number of para-hydroxylation sites is 2. The largest absolute Gasteiger partial charge is 0.453 e. The summed E-state index contributed by atoms with van der Waals surface area (Å²) in [7, 11) is 0. The normalized spacial score (nSPS) is 13.2. The van der Waals surface area contributed by atoms with Crippen LogP contribution in [0, 0.1) is 13.8 Å². The molecule has 33 heavy (non-hydrogen) atoms. The van der Waals surface area contributed by atoms with Crippen molar-refractivity contribution in [2.75, 3.05) is 4.90 Å². The first-order valence-electron chi connectivity index (χ1n) is 10.7. The fraction of sp³-hybridized carbons (Fsp3) is 0.0714. The monoisotopic (exact) mass is 433 g/mol. The van der Waals surface area contributed by atoms with Gasteiger partial charge in [-0.25, -0.2) is 4.90 Å². The van der Waals surface area contributed by atoms with Crippen molar-refractivity contribution in [1.29, 1.82) is 0 Å². The van der Waals surface area contributed by atoms with Gasteiger partial charge >= 0.3 is 0 Å². The van der Waals surface area contributed by atoms with E-state index in [1.807, 2.05) is 80.6 Å². The summed E-state index contributed by atoms with van der Waals surface area (Å²) in [5.74, 6) is -0.739. The molecule has 1 aliphatic heterocycles. The molecule has 6 rings (SSSR count). The predicted molar refractivity (Wildman–Crippen MR) is 128 cm³/mol. The number of carbonyl (C=O) groups excluding carboxylic acids is 2. The zero-order chi connectivity index (χ0) is 22.7. The van der Waals surface area contributed by atoms with E-state index in [9.17, 15) is 9.59 Å². The first-order chi connectivity index (χ1) is 16.0. The van der Waals surface area contributed by atoms with Gasteiger partial charge in [0.25, 0.3) is 11.8 Å². The summed E-state index contributed by atoms with van der Waals surface area (Å²) in [5.41, 5.74) is 5.09. The summed E-state index contributed by atoms with van der Waals surface area (Å²) in [6.07, 6.45) is 0. The Morgan fingerprint density at radius 3 is 1.67 bits per heavy atom. The Hall–Kier alpha value is -4.38. The molecule has 0 fully saturated rings. The van der Waals surface area contributed by atoms with Crippen LogP contribution in [0.25, 0.3) is 33.1 Å². The molecule has 0 N–H and O–H groups in total. The molecule has 5 nitrogen and oxygen atoms in total. The van der Waals surface area contributed by atoms with Crippen LogP contribution in [0.4, 0.5) is 5.69 Å². The van der Waals surface area contributed by atoms with Crippen molar-refractivity contribution >= 4 is 50.6 Å². The number of rotatable bonds is 1. The first kappa shape index (κ1) is 19.3. The molecular weight excluding hydrogens is 414 g/mol. The summed E-state index contributed by atoms with van der Waals surface area (Å²) in [4.78, 5) is 28.0. The molecule has 1 aromatic heterocycles. The second kappa shape index (κ2) is 7.07. The number of imide groups is 1. The Bertz CT molecular complexity index is 1590. The van der Waals surface area contributed by atoms with Crippen molar-refractivity contribution in [2.24, 2.45) is 0 Å². The number of hydrogen-bond acceptors (Lipinski definition) is 4. The zero-order valence-corrected chi connectivity index (χ0v) is 18.1. The van der Waals surface area contributed by atoms with Crippen LogP contribution < -0.4 is 4.90 Å². The summed E-state index contributed by atoms with van der Waals surface area (Å²) in [6, 6.07) is 24.3. The number of aryl methyl sites for hydroxylation is 2. The lowest BCUT2D eigenvalue weighted by Gasteiger charge is -2.17. The summed E-state index contributed by atoms with van der Waals surface area (Å²) in [5, 5.41) is 1.78. The second-order valence-electron chi connectivity index (χ2n) is 8.28. The third-order valence-electron chi connectivity index (χ3n) is 6.06. The molecule has 2 heterocycles. The van der Waals surface area contributed by atoms with Crippen LogP contribution in [0.3, 0.4) is 0 Å². The van der Waals surface area contributed by atoms with E-state index in [0.29, 0.717) is 39.1 Å². The zero-order valence-electron chi connectivity index (χ0n) is 18.1. The second-order valence-corrected chi connectivity index (χ2v) is 8.28. The van der Waals surface area contributed by atoms with Crippen molar-refractivity contribution in [3.05, 3.63) is 101 Å². The van der Waals surface area contributed by atoms with Crippen LogP contribution in [0.2, 0.25) is 0 Å². The smallest absolute Gasteiger partial charge is 0.266 e. The van der Waals surface area contributed by atoms with E-state index >= 15 is 0 Å². The third-order valence-corrected chi connectivity index (χ3v) is 6.06. The maximum atomic E-state index is 13.4. The quantitative estimate of drug-likeness (QED) is 0.271. The van der Waals surface area contributed by atoms with Gasteiger partial charge < -0.3 is 8.83 Å². The van der Waals surface area contributed by atoms with Crippen LogP contribution in [0.15, 0.2) is 87.7 Å². The fourth-order valence-electron chi connectivity index (χ4n) is 4.38. The number of amides is 2. The van der Waals surface area contributed by atoms with Crippen molar-refractivity contribution in [3.63, 3.8) is 0 Å². The molecule has 5 aromatic rings. The van der Waals surface area contributed by atoms with Crippen molar-refractivity contribution in [3.8, 4) is 0 Å². The number of benzene rings is 4. The first-order valence-corrected chi connectivity index (χ1v) is 10.7. The molecular formula is C28H19NO4. The Kier molecular flexibility index (Phi) is 4.14. The number of carbonyl (C=O) groups is 2. The SMILES string of the molecule is Cc1ccc(C)c(N2C(=O)c3cc4oc5ccccc5c5ccccc5oc4cc3C2=O)c1. The highest BCUT2D eigenvalue weighted by Gasteiger charge is 2.38. The average molecular weight is 433 g/mol. The molecule has 0 atom stereocenters. The molecule has 1 aliphatic rings. The maximum absolute atomic E-state index is 13.4. The number of hydrogen-bond donors (Lipinski definition) is 0. The summed E-state index contributed by atoms with van der Waals surface area (Å²) < 4.78 is 12.4. The van der Waals surface area contributed by atoms with E-state index in [1.54, 1.807) is 12.1 Å². The molecule has 0 spiro atoms. The highest BCUT2D eigenvalue weighted by molar-refractivity contribution is 6.35. The van der Waals surface area contributed by atoms with Gasteiger partial charge in [0.1, 0.15) is 11.2 Å². The van der Waals surface area contributed by atoms with Crippen molar-refractivity contribution < 1.29 is 18.4 Å². The van der Waals surface area contributed by atoms with E-state index in [4.69, 9.17) is 8.83 Å². The van der Waals surface area contributed by atoms with Gasteiger partial charge in [-0.1, -0.05) is 48.5 Å². The van der Waals surface area contributed by atoms with Gasteiger partial charge in [0.05, 0.1) is 16.8 Å². The molecule has 5 heteroatoms. The molecule has 160 valence electrons. The van der Waals surface area contributed by atoms with Gasteiger partial charge in [0.2, 0.25) is 0 Å². The summed E-state index contributed by atoms with van der Waals surface area (Å²) >= 11 is 0. The van der Waals surface area contributed by atoms with E-state index in [0.717, 1.165) is 21.9 Å². The summed E-state index contributed by atoms with van der Waals surface area (Å²) in [6.45, 7) is 3.82. The third kappa shape index (κ3) is 2.93. The van der Waals surface area contributed by atoms with Gasteiger partial charge in [-0.2, -0.15) is 0 Å². The minimum Gasteiger partial charge on any atom is -0.453 e. The van der Waals surface area contributed by atoms with Gasteiger partial charge in [-0.15, -0.1) is 0 Å². The lowest BCUT2D eigenvalue weighted by molar-refractivity contribution is 0.0926. The van der Waals surface area contributed by atoms with Crippen LogP contribution in [-0.4, -0.2) is 11.8 Å². The minimum atomic E-state index is -0.370. The molecule has 4 aromatic carbocycles. The molecule has 0 bridgehead atoms. The fourth-order valence-corrected chi connectivity index (χ4v) is 4.38. The Morgan fingerprint density at radius 1 is 0.606 bits per heavy atom. The molecule has 0 saturated heterocycles. The standard InChI is InChI=1S/C28H19NO4/c1-16-11-12-17(2)22(13-16)29-27(30)20-14-25-26(15-21(20)28(29)31)33-24-10-6-4-8-19(24)18-7-3-5-9-23(18)32-25/h3-15H,1-2H3. The lowest BCUT2D eigenvalue weighted by atomic mass is 10.1. The van der Waals surface area contributed by atoms with Crippen molar-refractivity contribution in [1.82, 2.24) is 0 Å². The highest BCUT2D eigenvalue weighted by atomic mass is 16.4. The Morgan fingerprint density at radius 2 is 1.12 bits per heavy atom. The average Bonchev–Trinajstić information content (AvgIpc) is 3.04. The Balaban J connectivity index is 1.66. The van der Waals surface area contributed by atoms with E-state index in [1.165, 1.54) is 4.90 Å². The van der Waals surface area contributed by atoms with Crippen LogP contribution >= 0.6 is 0 Å². The Labute approximate surface area is 189 Å². The number of anilines is 1. The highest BCUT2D eigenvalue weighted by Crippen LogP contribution is 2.35. The van der Waals surface area contributed by atoms with Gasteiger partial charge in [-0.3, -0.25) is 9.59 Å². The molecule has 0 saturated carbocycles. The predicted octanol–water partition coefficient (Wildman–Crippen LogP) is 6.87. The molecule has 2 amide bonds. The number of fused-ring (bicyclic) bond motifs is 5. The molecule has 0 aliphatic carbocycles. The van der Waals surface area contributed by atoms with E-state index in [-0.39, 0.29) is 11.8 Å². The molecule has 0 radical (unpaired) electrons. The lowest BCUT2D eigenvalue weighted by Crippen LogP contribution is -2.30. The van der Waals surface area contributed by atoms with E-state index in [2.05, 4.69) is 0 Å². The van der Waals surface area contributed by atoms with Crippen LogP contribution in [0.1, 0.15) is 31.8 Å². The van der Waals surface area contributed by atoms with E-state index < -0.39 is 0 Å². The van der Waals surface area contributed by atoms with Gasteiger partial charge in [0, 0.05) is 10.8 Å². The minimum absolute atomic E-state index is 0.301. The van der Waals surface area contributed by atoms with Crippen LogP contribution in [0.5, 0.6) is 0 Å². The molecule has 0 unspecified atom stereocenters. The van der Waals surface area contributed by atoms with Crippen molar-refractivity contribution in [2.45, 2.75) is 13.8 Å². The van der Waals surface area contributed by atoms with Crippen LogP contribution in [-0.2, 0) is 0 Å². The van der Waals surface area contributed by atoms with Gasteiger partial charge in [0.15, 0.2) is 11.2 Å².